The number of nitro groups is 1. The van der Waals surface area contributed by atoms with Crippen molar-refractivity contribution < 1.29 is 18.9 Å². The number of nitrogens with one attached hydrogen (secondary N) is 1. The summed E-state index contributed by atoms with van der Waals surface area (Å²) in [4.78, 5) is 39.4. The van der Waals surface area contributed by atoms with Crippen LogP contribution < -0.4 is 10.2 Å². The van der Waals surface area contributed by atoms with E-state index >= 15 is 0 Å². The molecule has 0 bridgehead atoms. The molecule has 0 atom stereocenters. The summed E-state index contributed by atoms with van der Waals surface area (Å²) in [5, 5.41) is 21.9. The number of thioether (sulfide) groups is 1. The number of nitro benzene ring substituents is 1. The normalized spacial score (nSPS) is 13.6. The van der Waals surface area contributed by atoms with Crippen LogP contribution in [-0.2, 0) is 9.59 Å². The number of rotatable bonds is 8. The van der Waals surface area contributed by atoms with Crippen LogP contribution in [0.4, 0.5) is 17.1 Å². The average Bonchev–Trinajstić information content (AvgIpc) is 3.36. The summed E-state index contributed by atoms with van der Waals surface area (Å²) in [6, 6.07) is 13.7. The maximum atomic E-state index is 12.4. The number of amides is 2. The lowest BCUT2D eigenvalue weighted by atomic mass is 10.1. The number of aromatic nitrogens is 2. The van der Waals surface area contributed by atoms with Gasteiger partial charge in [0.2, 0.25) is 11.8 Å². The van der Waals surface area contributed by atoms with E-state index in [1.54, 1.807) is 12.1 Å². The molecule has 1 fully saturated rings. The standard InChI is InChI=1S/C24H26N6O5S/c1-16(2)23(32)29-13-11-28(12-14-29)18-9-7-17(8-10-18)25-21(31)15-36-24-27-26-22(35-24)19-5-3-4-6-20(19)30(33)34/h3-10,16H,11-15H2,1-2H3,(H,25,31). The second-order valence-corrected chi connectivity index (χ2v) is 9.42. The van der Waals surface area contributed by atoms with Crippen LogP contribution >= 0.6 is 11.8 Å². The first kappa shape index (κ1) is 25.2. The molecule has 2 aromatic carbocycles. The number of carbonyl (C=O) groups is 2. The van der Waals surface area contributed by atoms with Gasteiger partial charge in [0, 0.05) is 49.5 Å². The van der Waals surface area contributed by atoms with Gasteiger partial charge in [-0.25, -0.2) is 0 Å². The molecule has 4 rings (SSSR count). The number of benzene rings is 2. The molecule has 188 valence electrons. The van der Waals surface area contributed by atoms with Crippen LogP contribution in [0.1, 0.15) is 13.8 Å². The second kappa shape index (κ2) is 11.2. The lowest BCUT2D eigenvalue weighted by Crippen LogP contribution is -2.49. The monoisotopic (exact) mass is 510 g/mol. The van der Waals surface area contributed by atoms with E-state index in [1.165, 1.54) is 12.1 Å². The molecule has 2 heterocycles. The number of carbonyl (C=O) groups excluding carboxylic acids is 2. The average molecular weight is 511 g/mol. The van der Waals surface area contributed by atoms with Gasteiger partial charge in [0.1, 0.15) is 5.56 Å². The molecule has 1 saturated heterocycles. The maximum Gasteiger partial charge on any atom is 0.282 e. The van der Waals surface area contributed by atoms with Crippen molar-refractivity contribution in [3.63, 3.8) is 0 Å². The van der Waals surface area contributed by atoms with E-state index in [0.29, 0.717) is 18.8 Å². The van der Waals surface area contributed by atoms with Gasteiger partial charge in [-0.15, -0.1) is 10.2 Å². The van der Waals surface area contributed by atoms with Crippen molar-refractivity contribution in [1.29, 1.82) is 0 Å². The molecule has 0 aliphatic carbocycles. The predicted octanol–water partition coefficient (Wildman–Crippen LogP) is 3.68. The van der Waals surface area contributed by atoms with Gasteiger partial charge in [-0.3, -0.25) is 19.7 Å². The van der Waals surface area contributed by atoms with Crippen LogP contribution in [0.2, 0.25) is 0 Å². The Bertz CT molecular complexity index is 1240. The third kappa shape index (κ3) is 6.00. The fraction of sp³-hybridized carbons (Fsp3) is 0.333. The van der Waals surface area contributed by atoms with Crippen molar-refractivity contribution in [2.45, 2.75) is 19.1 Å². The Morgan fingerprint density at radius 2 is 1.78 bits per heavy atom. The Kier molecular flexibility index (Phi) is 7.84. The topological polar surface area (TPSA) is 135 Å². The number of nitrogens with zero attached hydrogens (tertiary/aromatic N) is 5. The molecule has 1 aromatic heterocycles. The molecule has 11 nitrogen and oxygen atoms in total. The van der Waals surface area contributed by atoms with Crippen molar-refractivity contribution in [2.24, 2.45) is 5.92 Å². The van der Waals surface area contributed by atoms with Gasteiger partial charge >= 0.3 is 0 Å². The lowest BCUT2D eigenvalue weighted by molar-refractivity contribution is -0.384. The molecular formula is C24H26N6O5S. The van der Waals surface area contributed by atoms with Crippen molar-refractivity contribution >= 4 is 40.6 Å². The zero-order valence-corrected chi connectivity index (χ0v) is 20.7. The minimum absolute atomic E-state index is 0.00444. The van der Waals surface area contributed by atoms with Crippen LogP contribution in [0.25, 0.3) is 11.5 Å². The summed E-state index contributed by atoms with van der Waals surface area (Å²) in [5.74, 6) is -0.00532. The van der Waals surface area contributed by atoms with Crippen molar-refractivity contribution in [1.82, 2.24) is 15.1 Å². The lowest BCUT2D eigenvalue weighted by Gasteiger charge is -2.37. The highest BCUT2D eigenvalue weighted by Crippen LogP contribution is 2.30. The van der Waals surface area contributed by atoms with Gasteiger partial charge in [0.15, 0.2) is 0 Å². The van der Waals surface area contributed by atoms with Crippen LogP contribution in [-0.4, -0.2) is 63.8 Å². The molecule has 1 N–H and O–H groups in total. The van der Waals surface area contributed by atoms with Gasteiger partial charge in [-0.05, 0) is 30.3 Å². The molecular weight excluding hydrogens is 484 g/mol. The van der Waals surface area contributed by atoms with Gasteiger partial charge in [-0.1, -0.05) is 37.7 Å². The number of para-hydroxylation sites is 1. The minimum Gasteiger partial charge on any atom is -0.411 e. The minimum atomic E-state index is -0.515. The van der Waals surface area contributed by atoms with Gasteiger partial charge in [0.25, 0.3) is 16.8 Å². The molecule has 0 unspecified atom stereocenters. The smallest absolute Gasteiger partial charge is 0.282 e. The zero-order chi connectivity index (χ0) is 25.7. The first-order chi connectivity index (χ1) is 17.3. The third-order valence-corrected chi connectivity index (χ3v) is 6.48. The van der Waals surface area contributed by atoms with Crippen LogP contribution in [0.15, 0.2) is 58.2 Å². The highest BCUT2D eigenvalue weighted by molar-refractivity contribution is 7.99. The van der Waals surface area contributed by atoms with E-state index in [2.05, 4.69) is 20.4 Å². The highest BCUT2D eigenvalue weighted by Gasteiger charge is 2.23. The van der Waals surface area contributed by atoms with E-state index in [-0.39, 0.29) is 45.8 Å². The summed E-state index contributed by atoms with van der Waals surface area (Å²) >= 11 is 1.05. The largest absolute Gasteiger partial charge is 0.411 e. The summed E-state index contributed by atoms with van der Waals surface area (Å²) in [7, 11) is 0. The molecule has 12 heteroatoms. The Morgan fingerprint density at radius 1 is 1.08 bits per heavy atom. The Balaban J connectivity index is 1.27. The summed E-state index contributed by atoms with van der Waals surface area (Å²) in [6.07, 6.45) is 0. The van der Waals surface area contributed by atoms with Gasteiger partial charge in [0.05, 0.1) is 10.7 Å². The van der Waals surface area contributed by atoms with Gasteiger partial charge in [-0.2, -0.15) is 0 Å². The van der Waals surface area contributed by atoms with Crippen LogP contribution in [0.3, 0.4) is 0 Å². The Labute approximate surface area is 212 Å². The zero-order valence-electron chi connectivity index (χ0n) is 19.9. The highest BCUT2D eigenvalue weighted by atomic mass is 32.2. The maximum absolute atomic E-state index is 12.4. The van der Waals surface area contributed by atoms with E-state index < -0.39 is 4.92 Å². The fourth-order valence-corrected chi connectivity index (χ4v) is 4.38. The third-order valence-electron chi connectivity index (χ3n) is 5.67. The molecule has 0 spiro atoms. The van der Waals surface area contributed by atoms with Crippen molar-refractivity contribution in [3.8, 4) is 11.5 Å². The molecule has 36 heavy (non-hydrogen) atoms. The summed E-state index contributed by atoms with van der Waals surface area (Å²) in [5.41, 5.74) is 1.78. The van der Waals surface area contributed by atoms with Crippen LogP contribution in [0.5, 0.6) is 0 Å². The van der Waals surface area contributed by atoms with E-state index in [4.69, 9.17) is 4.42 Å². The first-order valence-electron chi connectivity index (χ1n) is 11.5. The van der Waals surface area contributed by atoms with E-state index in [0.717, 1.165) is 30.5 Å². The number of anilines is 2. The number of piperazine rings is 1. The molecule has 1 aliphatic rings. The summed E-state index contributed by atoms with van der Waals surface area (Å²) in [6.45, 7) is 6.75. The van der Waals surface area contributed by atoms with Crippen molar-refractivity contribution in [2.75, 3.05) is 42.1 Å². The second-order valence-electron chi connectivity index (χ2n) is 8.50. The van der Waals surface area contributed by atoms with Crippen LogP contribution in [0, 0.1) is 16.0 Å². The van der Waals surface area contributed by atoms with E-state index in [9.17, 15) is 19.7 Å². The number of hydrogen-bond acceptors (Lipinski definition) is 9. The summed E-state index contributed by atoms with van der Waals surface area (Å²) < 4.78 is 5.51. The Hall–Kier alpha value is -3.93. The Morgan fingerprint density at radius 3 is 2.44 bits per heavy atom. The molecule has 3 aromatic rings. The quantitative estimate of drug-likeness (QED) is 0.273. The van der Waals surface area contributed by atoms with Gasteiger partial charge < -0.3 is 19.5 Å². The molecule has 1 aliphatic heterocycles. The SMILES string of the molecule is CC(C)C(=O)N1CCN(c2ccc(NC(=O)CSc3nnc(-c4ccccc4[N+](=O)[O-])o3)cc2)CC1. The van der Waals surface area contributed by atoms with E-state index in [1.807, 2.05) is 43.0 Å². The fourth-order valence-electron chi connectivity index (χ4n) is 3.82. The predicted molar refractivity (Wildman–Crippen MR) is 136 cm³/mol. The number of hydrogen-bond donors (Lipinski definition) is 1. The van der Waals surface area contributed by atoms with Crippen molar-refractivity contribution in [3.05, 3.63) is 58.6 Å². The molecule has 2 amide bonds. The first-order valence-corrected chi connectivity index (χ1v) is 12.4. The molecule has 0 radical (unpaired) electrons. The molecule has 0 saturated carbocycles.